The molecule has 1 unspecified atom stereocenters. The number of carbonyl (C=O) groups excluding carboxylic acids is 2. The van der Waals surface area contributed by atoms with Crippen molar-refractivity contribution >= 4 is 23.5 Å². The van der Waals surface area contributed by atoms with E-state index >= 15 is 0 Å². The Morgan fingerprint density at radius 2 is 1.96 bits per heavy atom. The first-order valence-electron chi connectivity index (χ1n) is 7.92. The first-order chi connectivity index (χ1) is 11.1. The van der Waals surface area contributed by atoms with Gasteiger partial charge in [0.15, 0.2) is 0 Å². The monoisotopic (exact) mass is 336 g/mol. The van der Waals surface area contributed by atoms with Crippen molar-refractivity contribution < 1.29 is 9.59 Å². The molecule has 2 aliphatic heterocycles. The fraction of sp³-hybridized carbons (Fsp3) is 0.500. The van der Waals surface area contributed by atoms with Crippen molar-refractivity contribution in [2.45, 2.75) is 19.0 Å². The van der Waals surface area contributed by atoms with Crippen LogP contribution in [0.4, 0.5) is 4.79 Å². The third kappa shape index (κ3) is 4.14. The number of halogens is 1. The Morgan fingerprint density at radius 1 is 1.17 bits per heavy atom. The SMILES string of the molecule is O=C1NCC(C(=O)N2CCCN(Cc3ccc(Cl)cc3)CC2)N1. The summed E-state index contributed by atoms with van der Waals surface area (Å²) >= 11 is 5.91. The molecule has 3 amide bonds. The molecule has 2 heterocycles. The van der Waals surface area contributed by atoms with Crippen LogP contribution >= 0.6 is 11.6 Å². The number of rotatable bonds is 3. The molecule has 6 nitrogen and oxygen atoms in total. The summed E-state index contributed by atoms with van der Waals surface area (Å²) in [5, 5.41) is 6.04. The summed E-state index contributed by atoms with van der Waals surface area (Å²) in [6.07, 6.45) is 0.938. The predicted molar refractivity (Wildman–Crippen MR) is 88.2 cm³/mol. The van der Waals surface area contributed by atoms with Crippen molar-refractivity contribution in [1.82, 2.24) is 20.4 Å². The van der Waals surface area contributed by atoms with Gasteiger partial charge in [-0.25, -0.2) is 4.79 Å². The molecule has 2 N–H and O–H groups in total. The molecule has 0 aliphatic carbocycles. The molecule has 0 saturated carbocycles. The lowest BCUT2D eigenvalue weighted by Gasteiger charge is -2.24. The fourth-order valence-electron chi connectivity index (χ4n) is 3.02. The van der Waals surface area contributed by atoms with Crippen LogP contribution in [0.3, 0.4) is 0 Å². The molecule has 3 rings (SSSR count). The van der Waals surface area contributed by atoms with Gasteiger partial charge in [0.05, 0.1) is 0 Å². The first-order valence-corrected chi connectivity index (χ1v) is 8.29. The van der Waals surface area contributed by atoms with Gasteiger partial charge in [-0.05, 0) is 24.1 Å². The Labute approximate surface area is 140 Å². The van der Waals surface area contributed by atoms with E-state index in [-0.39, 0.29) is 11.9 Å². The Balaban J connectivity index is 1.53. The summed E-state index contributed by atoms with van der Waals surface area (Å²) in [6, 6.07) is 7.19. The highest BCUT2D eigenvalue weighted by Crippen LogP contribution is 2.13. The van der Waals surface area contributed by atoms with Gasteiger partial charge in [-0.15, -0.1) is 0 Å². The summed E-state index contributed by atoms with van der Waals surface area (Å²) < 4.78 is 0. The van der Waals surface area contributed by atoms with Crippen LogP contribution < -0.4 is 10.6 Å². The lowest BCUT2D eigenvalue weighted by molar-refractivity contribution is -0.132. The maximum atomic E-state index is 12.4. The molecule has 0 bridgehead atoms. The quantitative estimate of drug-likeness (QED) is 0.867. The lowest BCUT2D eigenvalue weighted by atomic mass is 10.2. The number of urea groups is 1. The van der Waals surface area contributed by atoms with Crippen LogP contribution in [0.2, 0.25) is 5.02 Å². The lowest BCUT2D eigenvalue weighted by Crippen LogP contribution is -2.46. The summed E-state index contributed by atoms with van der Waals surface area (Å²) in [7, 11) is 0. The van der Waals surface area contributed by atoms with Crippen LogP contribution in [-0.2, 0) is 11.3 Å². The van der Waals surface area contributed by atoms with Crippen LogP contribution in [0.25, 0.3) is 0 Å². The Bertz CT molecular complexity index is 578. The van der Waals surface area contributed by atoms with Gasteiger partial charge < -0.3 is 15.5 Å². The minimum absolute atomic E-state index is 0.0108. The normalized spacial score (nSPS) is 22.4. The number of nitrogens with one attached hydrogen (secondary N) is 2. The Morgan fingerprint density at radius 3 is 2.65 bits per heavy atom. The van der Waals surface area contributed by atoms with Gasteiger partial charge in [-0.3, -0.25) is 9.69 Å². The number of hydrogen-bond donors (Lipinski definition) is 2. The first kappa shape index (κ1) is 16.1. The molecular weight excluding hydrogens is 316 g/mol. The zero-order valence-electron chi connectivity index (χ0n) is 12.9. The standard InChI is InChI=1S/C16H21ClN4O2/c17-13-4-2-12(3-5-13)11-20-6-1-7-21(9-8-20)15(22)14-10-18-16(23)19-14/h2-5,14H,1,6-11H2,(H2,18,19,23). The molecular formula is C16H21ClN4O2. The molecule has 0 radical (unpaired) electrons. The second kappa shape index (κ2) is 7.19. The molecule has 124 valence electrons. The molecule has 0 aromatic heterocycles. The summed E-state index contributed by atoms with van der Waals surface area (Å²) in [6.45, 7) is 4.47. The van der Waals surface area contributed by atoms with Crippen molar-refractivity contribution in [3.05, 3.63) is 34.9 Å². The molecule has 2 aliphatic rings. The molecule has 7 heteroatoms. The average molecular weight is 337 g/mol. The zero-order chi connectivity index (χ0) is 16.2. The highest BCUT2D eigenvalue weighted by Gasteiger charge is 2.31. The van der Waals surface area contributed by atoms with Gasteiger partial charge in [-0.1, -0.05) is 23.7 Å². The molecule has 2 saturated heterocycles. The molecule has 2 fully saturated rings. The second-order valence-electron chi connectivity index (χ2n) is 5.99. The van der Waals surface area contributed by atoms with Crippen molar-refractivity contribution in [3.8, 4) is 0 Å². The van der Waals surface area contributed by atoms with E-state index in [9.17, 15) is 9.59 Å². The van der Waals surface area contributed by atoms with Crippen LogP contribution in [0.5, 0.6) is 0 Å². The van der Waals surface area contributed by atoms with Crippen LogP contribution in [0, 0.1) is 0 Å². The van der Waals surface area contributed by atoms with Crippen LogP contribution in [0.15, 0.2) is 24.3 Å². The van der Waals surface area contributed by atoms with Crippen LogP contribution in [0.1, 0.15) is 12.0 Å². The summed E-state index contributed by atoms with van der Waals surface area (Å²) in [5.41, 5.74) is 1.22. The molecule has 1 aromatic rings. The van der Waals surface area contributed by atoms with E-state index in [1.54, 1.807) is 0 Å². The Hall–Kier alpha value is -1.79. The molecule has 1 aromatic carbocycles. The maximum absolute atomic E-state index is 12.4. The second-order valence-corrected chi connectivity index (χ2v) is 6.42. The van der Waals surface area contributed by atoms with E-state index in [0.717, 1.165) is 37.6 Å². The van der Waals surface area contributed by atoms with E-state index in [1.165, 1.54) is 5.56 Å². The molecule has 0 spiro atoms. The van der Waals surface area contributed by atoms with Crippen LogP contribution in [-0.4, -0.2) is 60.5 Å². The maximum Gasteiger partial charge on any atom is 0.315 e. The van der Waals surface area contributed by atoms with E-state index < -0.39 is 6.04 Å². The van der Waals surface area contributed by atoms with Gasteiger partial charge >= 0.3 is 6.03 Å². The molecule has 1 atom stereocenters. The number of hydrogen-bond acceptors (Lipinski definition) is 3. The van der Waals surface area contributed by atoms with Crippen molar-refractivity contribution in [1.29, 1.82) is 0 Å². The minimum atomic E-state index is -0.426. The Kier molecular flexibility index (Phi) is 5.03. The number of amides is 3. The fourth-order valence-corrected chi connectivity index (χ4v) is 3.15. The smallest absolute Gasteiger partial charge is 0.315 e. The van der Waals surface area contributed by atoms with Gasteiger partial charge in [0.25, 0.3) is 0 Å². The highest BCUT2D eigenvalue weighted by atomic mass is 35.5. The summed E-state index contributed by atoms with van der Waals surface area (Å²) in [5.74, 6) is 0.0108. The van der Waals surface area contributed by atoms with Gasteiger partial charge in [-0.2, -0.15) is 0 Å². The third-order valence-corrected chi connectivity index (χ3v) is 4.54. The number of carbonyl (C=O) groups is 2. The van der Waals surface area contributed by atoms with Crippen molar-refractivity contribution in [2.24, 2.45) is 0 Å². The van der Waals surface area contributed by atoms with Gasteiger partial charge in [0.2, 0.25) is 5.91 Å². The largest absolute Gasteiger partial charge is 0.340 e. The predicted octanol–water partition coefficient (Wildman–Crippen LogP) is 1.06. The zero-order valence-corrected chi connectivity index (χ0v) is 13.7. The molecule has 23 heavy (non-hydrogen) atoms. The van der Waals surface area contributed by atoms with E-state index in [0.29, 0.717) is 13.1 Å². The van der Waals surface area contributed by atoms with E-state index in [2.05, 4.69) is 15.5 Å². The van der Waals surface area contributed by atoms with Crippen molar-refractivity contribution in [3.63, 3.8) is 0 Å². The number of nitrogens with zero attached hydrogens (tertiary/aromatic N) is 2. The summed E-state index contributed by atoms with van der Waals surface area (Å²) in [4.78, 5) is 27.8. The average Bonchev–Trinajstić information content (AvgIpc) is 2.84. The van der Waals surface area contributed by atoms with E-state index in [4.69, 9.17) is 11.6 Å². The third-order valence-electron chi connectivity index (χ3n) is 4.29. The van der Waals surface area contributed by atoms with Gasteiger partial charge in [0.1, 0.15) is 6.04 Å². The minimum Gasteiger partial charge on any atom is -0.340 e. The van der Waals surface area contributed by atoms with Gasteiger partial charge in [0, 0.05) is 44.3 Å². The number of benzene rings is 1. The topological polar surface area (TPSA) is 64.7 Å². The highest BCUT2D eigenvalue weighted by molar-refractivity contribution is 6.30. The van der Waals surface area contributed by atoms with E-state index in [1.807, 2.05) is 29.2 Å². The van der Waals surface area contributed by atoms with Crippen molar-refractivity contribution in [2.75, 3.05) is 32.7 Å².